The number of aromatic hydroxyl groups is 1. The molecule has 1 saturated carbocycles. The number of nitrogens with one attached hydrogen (secondary N) is 2. The number of amides is 2. The van der Waals surface area contributed by atoms with Crippen LogP contribution in [0.4, 0.5) is 10.5 Å². The van der Waals surface area contributed by atoms with Gasteiger partial charge < -0.3 is 15.7 Å². The Kier molecular flexibility index (Phi) is 8.21. The summed E-state index contributed by atoms with van der Waals surface area (Å²) in [6.07, 6.45) is 4.57. The second kappa shape index (κ2) is 11.4. The number of anilines is 1. The van der Waals surface area contributed by atoms with Crippen LogP contribution in [0.3, 0.4) is 0 Å². The molecule has 36 heavy (non-hydrogen) atoms. The van der Waals surface area contributed by atoms with Crippen molar-refractivity contribution in [1.82, 2.24) is 15.1 Å². The van der Waals surface area contributed by atoms with E-state index < -0.39 is 0 Å². The van der Waals surface area contributed by atoms with Gasteiger partial charge in [-0.25, -0.2) is 4.79 Å². The summed E-state index contributed by atoms with van der Waals surface area (Å²) in [7, 11) is 0. The maximum Gasteiger partial charge on any atom is 0.342 e. The van der Waals surface area contributed by atoms with E-state index in [0.717, 1.165) is 36.9 Å². The zero-order valence-electron chi connectivity index (χ0n) is 20.4. The molecule has 3 aromatic rings. The van der Waals surface area contributed by atoms with Crippen LogP contribution in [0, 0.1) is 5.92 Å². The van der Waals surface area contributed by atoms with Gasteiger partial charge in [-0.3, -0.25) is 4.79 Å². The third-order valence-electron chi connectivity index (χ3n) is 6.28. The van der Waals surface area contributed by atoms with Crippen molar-refractivity contribution in [1.29, 1.82) is 0 Å². The third kappa shape index (κ3) is 6.20. The molecule has 2 aromatic carbocycles. The van der Waals surface area contributed by atoms with Crippen LogP contribution >= 0.6 is 23.2 Å². The quantitative estimate of drug-likeness (QED) is 0.308. The molecule has 0 radical (unpaired) electrons. The number of nitrogens with zero attached hydrogens (tertiary/aromatic N) is 2. The smallest absolute Gasteiger partial charge is 0.342 e. The van der Waals surface area contributed by atoms with Gasteiger partial charge >= 0.3 is 6.03 Å². The zero-order chi connectivity index (χ0) is 25.8. The van der Waals surface area contributed by atoms with E-state index in [1.807, 2.05) is 19.9 Å². The van der Waals surface area contributed by atoms with Crippen LogP contribution in [-0.4, -0.2) is 26.8 Å². The lowest BCUT2D eigenvalue weighted by Gasteiger charge is -2.12. The summed E-state index contributed by atoms with van der Waals surface area (Å²) >= 11 is 12.1. The number of hydrogen-bond acceptors (Lipinski definition) is 4. The number of phenolic OH excluding ortho intramolecular Hbond substituents is 1. The molecule has 0 aliphatic heterocycles. The average Bonchev–Trinajstić information content (AvgIpc) is 3.49. The Labute approximate surface area is 220 Å². The first-order valence-electron chi connectivity index (χ1n) is 12.2. The van der Waals surface area contributed by atoms with E-state index in [0.29, 0.717) is 33.4 Å². The van der Waals surface area contributed by atoms with Crippen molar-refractivity contribution in [3.63, 3.8) is 0 Å². The minimum atomic E-state index is -0.355. The standard InChI is InChI=1S/C27H30Cl2N4O3/c1-16(2)11-26(35)31-19-8-9-20(25(34)13-19)23-14-24(18-5-3-4-6-18)33(32-23)27(36)30-15-17-7-10-21(28)22(29)12-17/h7-10,12-14,16,18,34H,3-6,11,15H2,1-2H3,(H,30,36)(H,31,35). The number of phenols is 1. The number of carbonyl (C=O) groups is 2. The Morgan fingerprint density at radius 1 is 1.08 bits per heavy atom. The Bertz CT molecular complexity index is 1270. The Morgan fingerprint density at radius 3 is 2.50 bits per heavy atom. The van der Waals surface area contributed by atoms with Crippen molar-refractivity contribution < 1.29 is 14.7 Å². The number of aromatic nitrogens is 2. The SMILES string of the molecule is CC(C)CC(=O)Nc1ccc(-c2cc(C3CCCC3)n(C(=O)NCc3ccc(Cl)c(Cl)c3)n2)c(O)c1. The maximum absolute atomic E-state index is 13.2. The summed E-state index contributed by atoms with van der Waals surface area (Å²) in [6.45, 7) is 4.21. The van der Waals surface area contributed by atoms with Gasteiger partial charge in [0.2, 0.25) is 5.91 Å². The minimum absolute atomic E-state index is 0.0174. The normalized spacial score (nSPS) is 13.8. The largest absolute Gasteiger partial charge is 0.507 e. The van der Waals surface area contributed by atoms with Crippen LogP contribution < -0.4 is 10.6 Å². The highest BCUT2D eigenvalue weighted by atomic mass is 35.5. The predicted octanol–water partition coefficient (Wildman–Crippen LogP) is 6.96. The van der Waals surface area contributed by atoms with Gasteiger partial charge in [-0.2, -0.15) is 9.78 Å². The molecule has 7 nitrogen and oxygen atoms in total. The molecule has 2 amide bonds. The van der Waals surface area contributed by atoms with Crippen LogP contribution in [0.5, 0.6) is 5.75 Å². The second-order valence-electron chi connectivity index (χ2n) is 9.63. The minimum Gasteiger partial charge on any atom is -0.507 e. The summed E-state index contributed by atoms with van der Waals surface area (Å²) < 4.78 is 1.40. The Balaban J connectivity index is 1.57. The number of benzene rings is 2. The highest BCUT2D eigenvalue weighted by Gasteiger charge is 2.26. The van der Waals surface area contributed by atoms with Crippen LogP contribution in [0.1, 0.15) is 63.1 Å². The van der Waals surface area contributed by atoms with E-state index in [4.69, 9.17) is 23.2 Å². The Morgan fingerprint density at radius 2 is 1.83 bits per heavy atom. The van der Waals surface area contributed by atoms with Crippen molar-refractivity contribution in [3.8, 4) is 17.0 Å². The van der Waals surface area contributed by atoms with Crippen LogP contribution in [0.15, 0.2) is 42.5 Å². The van der Waals surface area contributed by atoms with Gasteiger partial charge in [-0.1, -0.05) is 56.0 Å². The molecule has 0 unspecified atom stereocenters. The number of carbonyl (C=O) groups excluding carboxylic acids is 2. The topological polar surface area (TPSA) is 96.3 Å². The van der Waals surface area contributed by atoms with Gasteiger partial charge in [0.25, 0.3) is 0 Å². The molecule has 0 bridgehead atoms. The molecule has 9 heteroatoms. The summed E-state index contributed by atoms with van der Waals surface area (Å²) in [5.41, 5.74) is 3.14. The molecule has 0 atom stereocenters. The summed E-state index contributed by atoms with van der Waals surface area (Å²) in [5, 5.41) is 21.9. The van der Waals surface area contributed by atoms with E-state index in [2.05, 4.69) is 15.7 Å². The third-order valence-corrected chi connectivity index (χ3v) is 7.02. The first kappa shape index (κ1) is 26.0. The lowest BCUT2D eigenvalue weighted by Crippen LogP contribution is -2.30. The number of halogens is 2. The summed E-state index contributed by atoms with van der Waals surface area (Å²) in [5.74, 6) is 0.331. The maximum atomic E-state index is 13.2. The molecule has 190 valence electrons. The van der Waals surface area contributed by atoms with Crippen LogP contribution in [0.2, 0.25) is 10.0 Å². The van der Waals surface area contributed by atoms with Crippen molar-refractivity contribution in [2.45, 2.75) is 58.4 Å². The molecule has 1 aliphatic rings. The number of rotatable bonds is 7. The van der Waals surface area contributed by atoms with Crippen molar-refractivity contribution in [3.05, 3.63) is 63.8 Å². The number of hydrogen-bond donors (Lipinski definition) is 3. The van der Waals surface area contributed by atoms with E-state index in [1.54, 1.807) is 30.3 Å². The molecule has 1 heterocycles. The fourth-order valence-corrected chi connectivity index (χ4v) is 4.83. The molecule has 3 N–H and O–H groups in total. The summed E-state index contributed by atoms with van der Waals surface area (Å²) in [4.78, 5) is 25.3. The first-order chi connectivity index (χ1) is 17.2. The van der Waals surface area contributed by atoms with Crippen LogP contribution in [0.25, 0.3) is 11.3 Å². The highest BCUT2D eigenvalue weighted by Crippen LogP contribution is 2.38. The first-order valence-corrected chi connectivity index (χ1v) is 12.9. The molecule has 4 rings (SSSR count). The highest BCUT2D eigenvalue weighted by molar-refractivity contribution is 6.42. The average molecular weight is 529 g/mol. The Hall–Kier alpha value is -3.03. The zero-order valence-corrected chi connectivity index (χ0v) is 21.9. The van der Waals surface area contributed by atoms with E-state index in [-0.39, 0.29) is 36.1 Å². The van der Waals surface area contributed by atoms with Gasteiger partial charge in [-0.05, 0) is 54.7 Å². The molecule has 0 saturated heterocycles. The lowest BCUT2D eigenvalue weighted by molar-refractivity contribution is -0.116. The molecule has 0 spiro atoms. The van der Waals surface area contributed by atoms with Crippen molar-refractivity contribution in [2.24, 2.45) is 5.92 Å². The monoisotopic (exact) mass is 528 g/mol. The van der Waals surface area contributed by atoms with Gasteiger partial charge in [0, 0.05) is 36.2 Å². The van der Waals surface area contributed by atoms with Gasteiger partial charge in [0.05, 0.1) is 21.4 Å². The fourth-order valence-electron chi connectivity index (χ4n) is 4.51. The molecule has 1 aromatic heterocycles. The van der Waals surface area contributed by atoms with Crippen molar-refractivity contribution in [2.75, 3.05) is 5.32 Å². The van der Waals surface area contributed by atoms with Gasteiger partial charge in [0.15, 0.2) is 0 Å². The molecule has 1 fully saturated rings. The van der Waals surface area contributed by atoms with E-state index in [9.17, 15) is 14.7 Å². The summed E-state index contributed by atoms with van der Waals surface area (Å²) in [6, 6.07) is 11.7. The predicted molar refractivity (Wildman–Crippen MR) is 143 cm³/mol. The fraction of sp³-hybridized carbons (Fsp3) is 0.370. The van der Waals surface area contributed by atoms with E-state index in [1.165, 1.54) is 10.7 Å². The van der Waals surface area contributed by atoms with Crippen LogP contribution in [-0.2, 0) is 11.3 Å². The van der Waals surface area contributed by atoms with Crippen molar-refractivity contribution >= 4 is 40.8 Å². The molecule has 1 aliphatic carbocycles. The van der Waals surface area contributed by atoms with Gasteiger partial charge in [-0.15, -0.1) is 0 Å². The van der Waals surface area contributed by atoms with Gasteiger partial charge in [0.1, 0.15) is 5.75 Å². The second-order valence-corrected chi connectivity index (χ2v) is 10.4. The molecular formula is C27H30Cl2N4O3. The lowest BCUT2D eigenvalue weighted by atomic mass is 10.0. The molecular weight excluding hydrogens is 499 g/mol. The van der Waals surface area contributed by atoms with E-state index >= 15 is 0 Å².